The van der Waals surface area contributed by atoms with Gasteiger partial charge in [-0.25, -0.2) is 14.2 Å². The second-order valence-corrected chi connectivity index (χ2v) is 15.1. The Morgan fingerprint density at radius 2 is 1.78 bits per heavy atom. The van der Waals surface area contributed by atoms with E-state index in [1.54, 1.807) is 30.3 Å². The van der Waals surface area contributed by atoms with Gasteiger partial charge in [-0.1, -0.05) is 54.6 Å². The predicted octanol–water partition coefficient (Wildman–Crippen LogP) is 5.57. The zero-order valence-electron chi connectivity index (χ0n) is 25.3. The number of para-hydroxylation sites is 2. The van der Waals surface area contributed by atoms with Crippen molar-refractivity contribution < 1.29 is 49.5 Å². The largest absolute Gasteiger partial charge is 0.492 e. The Kier molecular flexibility index (Phi) is 9.29. The van der Waals surface area contributed by atoms with E-state index in [1.807, 2.05) is 0 Å². The van der Waals surface area contributed by atoms with Crippen LogP contribution in [0.25, 0.3) is 16.6 Å². The molecule has 2 unspecified atom stereocenters. The van der Waals surface area contributed by atoms with Crippen LogP contribution < -0.4 is 4.72 Å². The van der Waals surface area contributed by atoms with Gasteiger partial charge in [0.1, 0.15) is 22.9 Å². The van der Waals surface area contributed by atoms with Crippen molar-refractivity contribution in [1.29, 1.82) is 0 Å². The fourth-order valence-corrected chi connectivity index (χ4v) is 8.62. The lowest BCUT2D eigenvalue weighted by molar-refractivity contribution is -0.228. The molecule has 18 heteroatoms. The lowest BCUT2D eigenvalue weighted by atomic mass is 10.0. The molecule has 1 fully saturated rings. The van der Waals surface area contributed by atoms with Gasteiger partial charge in [-0.05, 0) is 63.8 Å². The fraction of sp³-hybridized carbons (Fsp3) is 0.258. The number of nitrogens with zero attached hydrogens (tertiary/aromatic N) is 3. The maximum absolute atomic E-state index is 14.2. The summed E-state index contributed by atoms with van der Waals surface area (Å²) in [5.41, 5.74) is 2.86. The molecule has 0 bridgehead atoms. The number of hydroxylamine groups is 1. The molecule has 0 spiro atoms. The van der Waals surface area contributed by atoms with Gasteiger partial charge in [-0.3, -0.25) is 18.6 Å². The van der Waals surface area contributed by atoms with E-state index in [0.29, 0.717) is 33.3 Å². The minimum atomic E-state index is -5.55. The maximum atomic E-state index is 14.2. The lowest BCUT2D eigenvalue weighted by Crippen LogP contribution is -2.49. The Morgan fingerprint density at radius 3 is 2.37 bits per heavy atom. The smallest absolute Gasteiger partial charge is 0.343 e. The number of carbonyl (C=O) groups is 2. The number of hydrogen-bond donors (Lipinski definition) is 4. The highest BCUT2D eigenvalue weighted by molar-refractivity contribution is 8.23. The van der Waals surface area contributed by atoms with E-state index in [-0.39, 0.29) is 42.6 Å². The SMILES string of the molecule is O=C1CC(c2ccc(CC(c3nc4ccccc4[nH]3)N(OC(=O)C(F)(F)F)S(=O)(=O)N3CC=C(c4ccc(F)cc4)CC3)cc2)S(O)(O)N1. The standard InChI is InChI=1S/C31H29F4N5O7S2/c32-23-11-9-20(10-12-23)21-13-15-39(16-14-21)49(45,46)40(47-30(42)31(33,34)35)26(29-36-24-3-1-2-4-25(24)37-29)17-19-5-7-22(8-6-19)27-18-28(41)38-48(27,43)44/h1-13,26-27,43-44H,14-18H2,(H,36,37)(H,38,41). The van der Waals surface area contributed by atoms with Gasteiger partial charge in [-0.15, -0.1) is 10.8 Å². The topological polar surface area (TPSA) is 165 Å². The van der Waals surface area contributed by atoms with Crippen molar-refractivity contribution in [3.63, 3.8) is 0 Å². The molecule has 4 N–H and O–H groups in total. The highest BCUT2D eigenvalue weighted by Gasteiger charge is 2.48. The van der Waals surface area contributed by atoms with Crippen LogP contribution >= 0.6 is 10.8 Å². The zero-order valence-corrected chi connectivity index (χ0v) is 26.9. The van der Waals surface area contributed by atoms with Crippen molar-refractivity contribution in [2.45, 2.75) is 36.7 Å². The van der Waals surface area contributed by atoms with Crippen molar-refractivity contribution in [3.05, 3.63) is 107 Å². The van der Waals surface area contributed by atoms with Crippen LogP contribution in [0.1, 0.15) is 46.6 Å². The maximum Gasteiger partial charge on any atom is 0.492 e. The number of rotatable bonds is 9. The van der Waals surface area contributed by atoms with Gasteiger partial charge in [0.2, 0.25) is 5.91 Å². The first-order chi connectivity index (χ1) is 23.1. The van der Waals surface area contributed by atoms with Gasteiger partial charge in [0.15, 0.2) is 0 Å². The number of alkyl halides is 3. The molecule has 0 saturated carbocycles. The number of fused-ring (bicyclic) bond motifs is 1. The minimum absolute atomic E-state index is 0.0152. The van der Waals surface area contributed by atoms with Crippen molar-refractivity contribution in [2.75, 3.05) is 13.1 Å². The third kappa shape index (κ3) is 7.34. The van der Waals surface area contributed by atoms with Crippen LogP contribution in [0.3, 0.4) is 0 Å². The summed E-state index contributed by atoms with van der Waals surface area (Å²) in [6.07, 6.45) is -4.43. The first-order valence-electron chi connectivity index (χ1n) is 14.8. The molecule has 12 nitrogen and oxygen atoms in total. The first-order valence-corrected chi connectivity index (χ1v) is 17.8. The van der Waals surface area contributed by atoms with Crippen molar-refractivity contribution in [2.24, 2.45) is 0 Å². The minimum Gasteiger partial charge on any atom is -0.343 e. The molecule has 260 valence electrons. The number of H-pyrrole nitrogens is 1. The van der Waals surface area contributed by atoms with Gasteiger partial charge in [0, 0.05) is 13.1 Å². The number of amides is 1. The molecule has 3 aromatic carbocycles. The van der Waals surface area contributed by atoms with Crippen molar-refractivity contribution in [1.82, 2.24) is 23.5 Å². The van der Waals surface area contributed by atoms with Gasteiger partial charge in [0.25, 0.3) is 0 Å². The van der Waals surface area contributed by atoms with E-state index in [9.17, 15) is 44.7 Å². The molecule has 2 atom stereocenters. The number of nitrogens with one attached hydrogen (secondary N) is 2. The summed E-state index contributed by atoms with van der Waals surface area (Å²) in [6, 6.07) is 16.4. The average Bonchev–Trinajstić information content (AvgIpc) is 3.61. The Morgan fingerprint density at radius 1 is 1.08 bits per heavy atom. The van der Waals surface area contributed by atoms with Crippen molar-refractivity contribution >= 4 is 49.5 Å². The summed E-state index contributed by atoms with van der Waals surface area (Å²) in [6.45, 7) is -0.495. The van der Waals surface area contributed by atoms with Crippen LogP contribution in [0.5, 0.6) is 0 Å². The van der Waals surface area contributed by atoms with Gasteiger partial charge in [-0.2, -0.15) is 25.9 Å². The Bertz CT molecular complexity index is 1990. The molecule has 2 aliphatic heterocycles. The summed E-state index contributed by atoms with van der Waals surface area (Å²) >= 11 is 0. The Labute approximate surface area is 279 Å². The third-order valence-electron chi connectivity index (χ3n) is 8.13. The van der Waals surface area contributed by atoms with Crippen LogP contribution in [0.2, 0.25) is 0 Å². The van der Waals surface area contributed by atoms with E-state index in [2.05, 4.69) is 14.7 Å². The Hall–Kier alpha value is -4.33. The van der Waals surface area contributed by atoms with E-state index >= 15 is 0 Å². The van der Waals surface area contributed by atoms with E-state index < -0.39 is 56.1 Å². The number of halogens is 4. The van der Waals surface area contributed by atoms with Crippen LogP contribution in [0.4, 0.5) is 17.6 Å². The molecule has 2 aliphatic rings. The van der Waals surface area contributed by atoms with Crippen LogP contribution in [0.15, 0.2) is 78.9 Å². The van der Waals surface area contributed by atoms with Gasteiger partial charge < -0.3 is 9.82 Å². The Balaban J connectivity index is 1.38. The number of aromatic nitrogens is 2. The molecule has 1 aromatic heterocycles. The van der Waals surface area contributed by atoms with Crippen LogP contribution in [0, 0.1) is 5.82 Å². The summed E-state index contributed by atoms with van der Waals surface area (Å²) in [5.74, 6) is -3.90. The number of carbonyl (C=O) groups excluding carboxylic acids is 2. The summed E-state index contributed by atoms with van der Waals surface area (Å²) in [4.78, 5) is 36.2. The van der Waals surface area contributed by atoms with Crippen LogP contribution in [-0.4, -0.2) is 67.4 Å². The quantitative estimate of drug-likeness (QED) is 0.129. The first kappa shape index (κ1) is 34.5. The van der Waals surface area contributed by atoms with Gasteiger partial charge in [0.05, 0.1) is 17.5 Å². The van der Waals surface area contributed by atoms with Crippen molar-refractivity contribution in [3.8, 4) is 0 Å². The highest BCUT2D eigenvalue weighted by atomic mass is 32.3. The summed E-state index contributed by atoms with van der Waals surface area (Å²) in [7, 11) is -8.46. The monoisotopic (exact) mass is 723 g/mol. The molecule has 4 aromatic rings. The van der Waals surface area contributed by atoms with Crippen LogP contribution in [-0.2, 0) is 31.1 Å². The molecule has 0 radical (unpaired) electrons. The molecule has 1 amide bonds. The molecule has 1 saturated heterocycles. The molecule has 6 rings (SSSR count). The lowest BCUT2D eigenvalue weighted by Gasteiger charge is -2.34. The second-order valence-electron chi connectivity index (χ2n) is 11.4. The summed E-state index contributed by atoms with van der Waals surface area (Å²) in [5, 5.41) is -0.947. The zero-order chi connectivity index (χ0) is 35.1. The third-order valence-corrected chi connectivity index (χ3v) is 11.7. The second kappa shape index (κ2) is 13.2. The number of hydrogen-bond acceptors (Lipinski definition) is 8. The number of benzene rings is 3. The molecular weight excluding hydrogens is 694 g/mol. The molecule has 0 aliphatic carbocycles. The fourth-order valence-electron chi connectivity index (χ4n) is 5.67. The normalized spacial score (nSPS) is 19.8. The summed E-state index contributed by atoms with van der Waals surface area (Å²) < 4.78 is 106. The van der Waals surface area contributed by atoms with E-state index in [4.69, 9.17) is 4.84 Å². The van der Waals surface area contributed by atoms with Gasteiger partial charge >= 0.3 is 22.4 Å². The molecular formula is C31H29F4N5O7S2. The number of imidazole rings is 1. The molecule has 49 heavy (non-hydrogen) atoms. The number of aromatic amines is 1. The predicted molar refractivity (Wildman–Crippen MR) is 171 cm³/mol. The average molecular weight is 724 g/mol. The van der Waals surface area contributed by atoms with E-state index in [0.717, 1.165) is 4.31 Å². The highest BCUT2D eigenvalue weighted by Crippen LogP contribution is 2.56. The van der Waals surface area contributed by atoms with E-state index in [1.165, 1.54) is 48.5 Å². The molecule has 3 heterocycles.